The smallest absolute Gasteiger partial charge is 0.407 e. The molecular formula is C15H21ClN2O2. The number of nitrogens with one attached hydrogen (secondary N) is 1. The molecule has 4 nitrogen and oxygen atoms in total. The molecule has 0 aromatic heterocycles. The van der Waals surface area contributed by atoms with Gasteiger partial charge in [-0.1, -0.05) is 17.7 Å². The Hall–Kier alpha value is -1.42. The first-order chi connectivity index (χ1) is 9.33. The third-order valence-electron chi connectivity index (χ3n) is 3.08. The molecule has 0 spiro atoms. The molecule has 1 aliphatic heterocycles. The van der Waals surface area contributed by atoms with Crippen molar-refractivity contribution < 1.29 is 9.53 Å². The minimum absolute atomic E-state index is 0.115. The maximum Gasteiger partial charge on any atom is 0.407 e. The van der Waals surface area contributed by atoms with Crippen LogP contribution < -0.4 is 10.2 Å². The summed E-state index contributed by atoms with van der Waals surface area (Å²) in [6.07, 6.45) is 0.557. The highest BCUT2D eigenvalue weighted by molar-refractivity contribution is 6.30. The lowest BCUT2D eigenvalue weighted by Crippen LogP contribution is -2.40. The highest BCUT2D eigenvalue weighted by Crippen LogP contribution is 2.23. The van der Waals surface area contributed by atoms with Crippen molar-refractivity contribution in [3.05, 3.63) is 29.3 Å². The molecule has 2 rings (SSSR count). The molecule has 0 aliphatic carbocycles. The van der Waals surface area contributed by atoms with Crippen LogP contribution in [0.15, 0.2) is 24.3 Å². The summed E-state index contributed by atoms with van der Waals surface area (Å²) in [6, 6.07) is 7.88. The molecule has 1 aliphatic rings. The predicted molar refractivity (Wildman–Crippen MR) is 81.4 cm³/mol. The topological polar surface area (TPSA) is 41.6 Å². The largest absolute Gasteiger partial charge is 0.444 e. The number of halogens is 1. The van der Waals surface area contributed by atoms with E-state index in [9.17, 15) is 4.79 Å². The molecule has 1 heterocycles. The SMILES string of the molecule is CC(C)(C)OC(=O)N[C@H]1CCN(c2cccc(Cl)c2)C1. The molecule has 1 saturated heterocycles. The lowest BCUT2D eigenvalue weighted by molar-refractivity contribution is 0.0509. The number of carbonyl (C=O) groups excluding carboxylic acids is 1. The summed E-state index contributed by atoms with van der Waals surface area (Å²) in [5, 5.41) is 3.64. The average molecular weight is 297 g/mol. The van der Waals surface area contributed by atoms with Gasteiger partial charge >= 0.3 is 6.09 Å². The Kier molecular flexibility index (Phi) is 4.43. The van der Waals surface area contributed by atoms with Gasteiger partial charge in [-0.25, -0.2) is 4.79 Å². The third kappa shape index (κ3) is 4.30. The van der Waals surface area contributed by atoms with Crippen LogP contribution in [0.25, 0.3) is 0 Å². The van der Waals surface area contributed by atoms with Gasteiger partial charge in [0.1, 0.15) is 5.60 Å². The predicted octanol–water partition coefficient (Wildman–Crippen LogP) is 3.44. The Labute approximate surface area is 125 Å². The summed E-state index contributed by atoms with van der Waals surface area (Å²) >= 11 is 6.00. The minimum atomic E-state index is -0.463. The van der Waals surface area contributed by atoms with Crippen LogP contribution in [0.2, 0.25) is 5.02 Å². The molecule has 5 heteroatoms. The van der Waals surface area contributed by atoms with Gasteiger partial charge in [0.15, 0.2) is 0 Å². The van der Waals surface area contributed by atoms with E-state index in [2.05, 4.69) is 10.2 Å². The van der Waals surface area contributed by atoms with E-state index < -0.39 is 5.60 Å². The first kappa shape index (κ1) is 15.0. The van der Waals surface area contributed by atoms with Crippen molar-refractivity contribution in [2.45, 2.75) is 38.8 Å². The van der Waals surface area contributed by atoms with E-state index in [0.717, 1.165) is 30.2 Å². The number of hydrogen-bond donors (Lipinski definition) is 1. The van der Waals surface area contributed by atoms with Crippen molar-refractivity contribution in [3.8, 4) is 0 Å². The molecule has 1 fully saturated rings. The van der Waals surface area contributed by atoms with Crippen LogP contribution in [0.1, 0.15) is 27.2 Å². The van der Waals surface area contributed by atoms with Crippen LogP contribution >= 0.6 is 11.6 Å². The first-order valence-electron chi connectivity index (χ1n) is 6.83. The van der Waals surface area contributed by atoms with Crippen molar-refractivity contribution in [1.82, 2.24) is 5.32 Å². The highest BCUT2D eigenvalue weighted by atomic mass is 35.5. The number of ether oxygens (including phenoxy) is 1. The summed E-state index contributed by atoms with van der Waals surface area (Å²) < 4.78 is 5.27. The van der Waals surface area contributed by atoms with E-state index in [1.54, 1.807) is 0 Å². The van der Waals surface area contributed by atoms with Crippen molar-refractivity contribution in [2.75, 3.05) is 18.0 Å². The molecule has 1 N–H and O–H groups in total. The Morgan fingerprint density at radius 3 is 2.85 bits per heavy atom. The van der Waals surface area contributed by atoms with Crippen LogP contribution in [0, 0.1) is 0 Å². The highest BCUT2D eigenvalue weighted by Gasteiger charge is 2.26. The van der Waals surface area contributed by atoms with E-state index in [-0.39, 0.29) is 12.1 Å². The van der Waals surface area contributed by atoms with Crippen LogP contribution in [-0.4, -0.2) is 30.8 Å². The summed E-state index contributed by atoms with van der Waals surface area (Å²) in [6.45, 7) is 7.26. The van der Waals surface area contributed by atoms with E-state index in [4.69, 9.17) is 16.3 Å². The van der Waals surface area contributed by atoms with Gasteiger partial charge in [-0.3, -0.25) is 0 Å². The van der Waals surface area contributed by atoms with Crippen molar-refractivity contribution in [3.63, 3.8) is 0 Å². The lowest BCUT2D eigenvalue weighted by atomic mass is 10.2. The van der Waals surface area contributed by atoms with Gasteiger partial charge in [-0.2, -0.15) is 0 Å². The molecule has 20 heavy (non-hydrogen) atoms. The summed E-state index contributed by atoms with van der Waals surface area (Å²) in [5.74, 6) is 0. The number of nitrogens with zero attached hydrogens (tertiary/aromatic N) is 1. The van der Waals surface area contributed by atoms with Gasteiger partial charge in [0.2, 0.25) is 0 Å². The molecule has 0 bridgehead atoms. The maximum atomic E-state index is 11.7. The molecule has 1 amide bonds. The van der Waals surface area contributed by atoms with E-state index in [0.29, 0.717) is 0 Å². The molecule has 1 aromatic rings. The summed E-state index contributed by atoms with van der Waals surface area (Å²) in [5.41, 5.74) is 0.626. The Morgan fingerprint density at radius 2 is 2.20 bits per heavy atom. The monoisotopic (exact) mass is 296 g/mol. The van der Waals surface area contributed by atoms with Crippen LogP contribution in [-0.2, 0) is 4.74 Å². The molecule has 0 radical (unpaired) electrons. The number of anilines is 1. The number of carbonyl (C=O) groups is 1. The number of alkyl carbamates (subject to hydrolysis) is 1. The first-order valence-corrected chi connectivity index (χ1v) is 7.21. The fourth-order valence-electron chi connectivity index (χ4n) is 2.26. The van der Waals surface area contributed by atoms with Crippen LogP contribution in [0.5, 0.6) is 0 Å². The van der Waals surface area contributed by atoms with E-state index >= 15 is 0 Å². The van der Waals surface area contributed by atoms with E-state index in [1.807, 2.05) is 45.0 Å². The van der Waals surface area contributed by atoms with Gasteiger partial charge in [-0.15, -0.1) is 0 Å². The molecule has 1 atom stereocenters. The fraction of sp³-hybridized carbons (Fsp3) is 0.533. The van der Waals surface area contributed by atoms with Crippen molar-refractivity contribution in [2.24, 2.45) is 0 Å². The molecule has 110 valence electrons. The maximum absolute atomic E-state index is 11.7. The average Bonchev–Trinajstić information content (AvgIpc) is 2.74. The van der Waals surface area contributed by atoms with Gasteiger partial charge in [0.05, 0.1) is 6.04 Å². The number of rotatable bonds is 2. The van der Waals surface area contributed by atoms with Gasteiger partial charge in [0, 0.05) is 23.8 Å². The summed E-state index contributed by atoms with van der Waals surface area (Å²) in [4.78, 5) is 14.0. The molecular weight excluding hydrogens is 276 g/mol. The molecule has 0 saturated carbocycles. The Balaban J connectivity index is 1.88. The third-order valence-corrected chi connectivity index (χ3v) is 3.32. The second-order valence-corrected chi connectivity index (χ2v) is 6.49. The van der Waals surface area contributed by atoms with Crippen molar-refractivity contribution in [1.29, 1.82) is 0 Å². The zero-order chi connectivity index (χ0) is 14.8. The quantitative estimate of drug-likeness (QED) is 0.909. The lowest BCUT2D eigenvalue weighted by Gasteiger charge is -2.22. The number of benzene rings is 1. The van der Waals surface area contributed by atoms with Crippen molar-refractivity contribution >= 4 is 23.4 Å². The second kappa shape index (κ2) is 5.92. The van der Waals surface area contributed by atoms with Crippen LogP contribution in [0.4, 0.5) is 10.5 Å². The normalized spacial score (nSPS) is 19.0. The van der Waals surface area contributed by atoms with Gasteiger partial charge < -0.3 is 15.0 Å². The van der Waals surface area contributed by atoms with Crippen LogP contribution in [0.3, 0.4) is 0 Å². The number of amides is 1. The number of hydrogen-bond acceptors (Lipinski definition) is 3. The molecule has 0 unspecified atom stereocenters. The van der Waals surface area contributed by atoms with Gasteiger partial charge in [-0.05, 0) is 45.4 Å². The fourth-order valence-corrected chi connectivity index (χ4v) is 2.44. The standard InChI is InChI=1S/C15H21ClN2O2/c1-15(2,3)20-14(19)17-12-7-8-18(10-12)13-6-4-5-11(16)9-13/h4-6,9,12H,7-8,10H2,1-3H3,(H,17,19)/t12-/m0/s1. The van der Waals surface area contributed by atoms with Gasteiger partial charge in [0.25, 0.3) is 0 Å². The summed E-state index contributed by atoms with van der Waals surface area (Å²) in [7, 11) is 0. The minimum Gasteiger partial charge on any atom is -0.444 e. The van der Waals surface area contributed by atoms with E-state index in [1.165, 1.54) is 0 Å². The zero-order valence-electron chi connectivity index (χ0n) is 12.1. The second-order valence-electron chi connectivity index (χ2n) is 6.06. The molecule has 1 aromatic carbocycles. The Bertz CT molecular complexity index is 485. The zero-order valence-corrected chi connectivity index (χ0v) is 12.9. The Morgan fingerprint density at radius 1 is 1.45 bits per heavy atom.